The Hall–Kier alpha value is -4.26. The van der Waals surface area contributed by atoms with Crippen LogP contribution in [-0.4, -0.2) is 85.7 Å². The summed E-state index contributed by atoms with van der Waals surface area (Å²) in [5, 5.41) is 6.21. The van der Waals surface area contributed by atoms with Crippen molar-refractivity contribution in [3.63, 3.8) is 0 Å². The second-order valence-electron chi connectivity index (χ2n) is 16.1. The van der Waals surface area contributed by atoms with E-state index in [4.69, 9.17) is 16.3 Å². The van der Waals surface area contributed by atoms with Gasteiger partial charge in [0.2, 0.25) is 35.2 Å². The highest BCUT2D eigenvalue weighted by molar-refractivity contribution is 6.39. The molecule has 294 valence electrons. The number of nitrogens with one attached hydrogen (secondary N) is 2. The van der Waals surface area contributed by atoms with Gasteiger partial charge >= 0.3 is 0 Å². The summed E-state index contributed by atoms with van der Waals surface area (Å²) in [6, 6.07) is -0.0269. The summed E-state index contributed by atoms with van der Waals surface area (Å²) in [7, 11) is 0. The lowest BCUT2D eigenvalue weighted by atomic mass is 9.76. The molecule has 2 aromatic rings. The van der Waals surface area contributed by atoms with E-state index < -0.39 is 64.9 Å². The van der Waals surface area contributed by atoms with Gasteiger partial charge in [-0.3, -0.25) is 33.8 Å². The zero-order valence-electron chi connectivity index (χ0n) is 32.3. The smallest absolute Gasteiger partial charge is 0.246 e. The number of hydrogen-bond donors (Lipinski definition) is 2. The van der Waals surface area contributed by atoms with Gasteiger partial charge in [0.05, 0.1) is 23.8 Å². The number of pyridine rings is 1. The number of carbonyl (C=O) groups excluding carboxylic acids is 6. The second kappa shape index (κ2) is 19.4. The van der Waals surface area contributed by atoms with E-state index in [9.17, 15) is 28.8 Å². The second-order valence-corrected chi connectivity index (χ2v) is 16.5. The largest absolute Gasteiger partial charge is 0.472 e. The van der Waals surface area contributed by atoms with Crippen LogP contribution >= 0.6 is 11.6 Å². The van der Waals surface area contributed by atoms with E-state index in [1.165, 1.54) is 29.7 Å². The SMILES string of the molecule is CCC[C@H](NC(=O)[C@@H]1C[C@@H](Oc2ccc(Cl)cn2)CN1C(=O)[C@@H](NC(=O)[C@@H](CC(=O)c1cnccn1)C1CCCCC1)C(C)(C)C)C(=O)C(=O)CC(C)C. The van der Waals surface area contributed by atoms with Crippen LogP contribution in [-0.2, 0) is 24.0 Å². The third kappa shape index (κ3) is 11.6. The molecule has 0 aromatic carbocycles. The lowest BCUT2D eigenvalue weighted by Crippen LogP contribution is -2.59. The predicted octanol–water partition coefficient (Wildman–Crippen LogP) is 5.34. The highest BCUT2D eigenvalue weighted by Crippen LogP contribution is 2.34. The van der Waals surface area contributed by atoms with Gasteiger partial charge in [-0.15, -0.1) is 0 Å². The monoisotopic (exact) mass is 766 g/mol. The Labute approximate surface area is 323 Å². The van der Waals surface area contributed by atoms with E-state index in [0.29, 0.717) is 11.4 Å². The average molecular weight is 767 g/mol. The van der Waals surface area contributed by atoms with Gasteiger partial charge in [-0.05, 0) is 42.6 Å². The minimum atomic E-state index is -1.09. The summed E-state index contributed by atoms with van der Waals surface area (Å²) in [4.78, 5) is 96.3. The van der Waals surface area contributed by atoms with Crippen LogP contribution in [0.5, 0.6) is 5.88 Å². The molecular weight excluding hydrogens is 712 g/mol. The average Bonchev–Trinajstić information content (AvgIpc) is 3.56. The number of aromatic nitrogens is 3. The van der Waals surface area contributed by atoms with Gasteiger partial charge in [-0.2, -0.15) is 0 Å². The maximum absolute atomic E-state index is 14.7. The number of hydrogen-bond acceptors (Lipinski definition) is 10. The third-order valence-corrected chi connectivity index (χ3v) is 10.3. The number of halogens is 1. The van der Waals surface area contributed by atoms with Crippen LogP contribution in [0.3, 0.4) is 0 Å². The number of carbonyl (C=O) groups is 6. The van der Waals surface area contributed by atoms with E-state index in [0.717, 1.165) is 32.1 Å². The van der Waals surface area contributed by atoms with Crippen molar-refractivity contribution in [1.29, 1.82) is 0 Å². The van der Waals surface area contributed by atoms with Crippen LogP contribution in [0.15, 0.2) is 36.9 Å². The first kappa shape index (κ1) is 42.5. The van der Waals surface area contributed by atoms with Crippen molar-refractivity contribution in [2.45, 2.75) is 130 Å². The molecule has 4 rings (SSSR count). The fourth-order valence-electron chi connectivity index (χ4n) is 7.29. The zero-order valence-corrected chi connectivity index (χ0v) is 33.1. The molecular formula is C40H55ClN6O7. The number of Topliss-reactive ketones (excluding diaryl/α,β-unsaturated/α-hetero) is 3. The van der Waals surface area contributed by atoms with Crippen LogP contribution in [0.4, 0.5) is 0 Å². The Bertz CT molecular complexity index is 1630. The number of nitrogens with zero attached hydrogens (tertiary/aromatic N) is 4. The molecule has 0 spiro atoms. The lowest BCUT2D eigenvalue weighted by Gasteiger charge is -2.37. The molecule has 0 unspecified atom stereocenters. The molecule has 54 heavy (non-hydrogen) atoms. The van der Waals surface area contributed by atoms with Crippen LogP contribution in [0.25, 0.3) is 0 Å². The molecule has 1 aliphatic carbocycles. The highest BCUT2D eigenvalue weighted by atomic mass is 35.5. The van der Waals surface area contributed by atoms with Crippen molar-refractivity contribution in [3.8, 4) is 5.88 Å². The molecule has 13 nitrogen and oxygen atoms in total. The Morgan fingerprint density at radius 1 is 0.963 bits per heavy atom. The van der Waals surface area contributed by atoms with E-state index in [1.54, 1.807) is 12.1 Å². The predicted molar refractivity (Wildman–Crippen MR) is 203 cm³/mol. The van der Waals surface area contributed by atoms with Gasteiger partial charge in [0.15, 0.2) is 5.78 Å². The van der Waals surface area contributed by atoms with Crippen molar-refractivity contribution < 1.29 is 33.5 Å². The van der Waals surface area contributed by atoms with Gasteiger partial charge < -0.3 is 20.3 Å². The molecule has 3 amide bonds. The first-order valence-electron chi connectivity index (χ1n) is 19.1. The summed E-state index contributed by atoms with van der Waals surface area (Å²) in [5.74, 6) is -3.60. The number of ether oxygens (including phenoxy) is 1. The lowest BCUT2D eigenvalue weighted by molar-refractivity contribution is -0.145. The van der Waals surface area contributed by atoms with Crippen molar-refractivity contribution in [2.75, 3.05) is 6.54 Å². The first-order valence-corrected chi connectivity index (χ1v) is 19.5. The Morgan fingerprint density at radius 3 is 2.28 bits per heavy atom. The highest BCUT2D eigenvalue weighted by Gasteiger charge is 2.47. The van der Waals surface area contributed by atoms with Crippen molar-refractivity contribution in [1.82, 2.24) is 30.5 Å². The fraction of sp³-hybridized carbons (Fsp3) is 0.625. The first-order chi connectivity index (χ1) is 25.6. The van der Waals surface area contributed by atoms with Crippen LogP contribution in [0.1, 0.15) is 116 Å². The zero-order chi connectivity index (χ0) is 39.6. The molecule has 1 aliphatic heterocycles. The summed E-state index contributed by atoms with van der Waals surface area (Å²) >= 11 is 6.02. The van der Waals surface area contributed by atoms with E-state index >= 15 is 0 Å². The Balaban J connectivity index is 1.62. The third-order valence-electron chi connectivity index (χ3n) is 10.1. The van der Waals surface area contributed by atoms with Crippen molar-refractivity contribution in [3.05, 3.63) is 47.6 Å². The molecule has 0 radical (unpaired) electrons. The van der Waals surface area contributed by atoms with Gasteiger partial charge in [-0.1, -0.05) is 78.8 Å². The molecule has 1 saturated carbocycles. The molecule has 2 fully saturated rings. The number of amides is 3. The summed E-state index contributed by atoms with van der Waals surface area (Å²) < 4.78 is 6.12. The van der Waals surface area contributed by atoms with Gasteiger partial charge in [-0.25, -0.2) is 9.97 Å². The van der Waals surface area contributed by atoms with Crippen molar-refractivity contribution >= 4 is 46.7 Å². The van der Waals surface area contributed by atoms with Crippen LogP contribution < -0.4 is 15.4 Å². The van der Waals surface area contributed by atoms with E-state index in [1.807, 2.05) is 41.5 Å². The van der Waals surface area contributed by atoms with Crippen LogP contribution in [0.2, 0.25) is 5.02 Å². The molecule has 3 heterocycles. The maximum Gasteiger partial charge on any atom is 0.246 e. The molecule has 0 bridgehead atoms. The van der Waals surface area contributed by atoms with Crippen LogP contribution in [0, 0.1) is 23.2 Å². The molecule has 14 heteroatoms. The minimum absolute atomic E-state index is 0.0143. The maximum atomic E-state index is 14.7. The minimum Gasteiger partial charge on any atom is -0.472 e. The Kier molecular flexibility index (Phi) is 15.2. The molecule has 5 atom stereocenters. The quantitative estimate of drug-likeness (QED) is 0.158. The Morgan fingerprint density at radius 2 is 1.69 bits per heavy atom. The van der Waals surface area contributed by atoms with E-state index in [2.05, 4.69) is 25.6 Å². The molecule has 2 aliphatic rings. The summed E-state index contributed by atoms with van der Waals surface area (Å²) in [5.41, 5.74) is -0.645. The van der Waals surface area contributed by atoms with Gasteiger partial charge in [0, 0.05) is 49.8 Å². The van der Waals surface area contributed by atoms with E-state index in [-0.39, 0.29) is 61.4 Å². The number of ketones is 3. The molecule has 2 N–H and O–H groups in total. The normalized spacial score (nSPS) is 19.4. The number of rotatable bonds is 17. The molecule has 1 saturated heterocycles. The standard InChI is InChI=1S/C40H55ClN6O7/c1-7-11-29(35(50)33(49)18-24(2)3)45-38(52)31-19-27(54-34-15-14-26(41)21-44-34)23-47(31)39(53)36(40(4,5)6)46-37(51)28(25-12-9-8-10-13-25)20-32(48)30-22-42-16-17-43-30/h14-17,21-22,24-25,27-29,31,36H,7-13,18-20,23H2,1-6H3,(H,45,52)(H,46,51)/t27-,28+,29+,31+,36-/m1/s1. The fourth-order valence-corrected chi connectivity index (χ4v) is 7.40. The van der Waals surface area contributed by atoms with Gasteiger partial charge in [0.25, 0.3) is 0 Å². The molecule has 2 aromatic heterocycles. The van der Waals surface area contributed by atoms with Crippen molar-refractivity contribution in [2.24, 2.45) is 23.2 Å². The summed E-state index contributed by atoms with van der Waals surface area (Å²) in [6.45, 7) is 11.0. The summed E-state index contributed by atoms with van der Waals surface area (Å²) in [6.07, 6.45) is 10.4. The van der Waals surface area contributed by atoms with Gasteiger partial charge in [0.1, 0.15) is 23.9 Å². The number of likely N-dealkylation sites (tertiary alicyclic amines) is 1. The topological polar surface area (TPSA) is 178 Å².